The minimum atomic E-state index is -0.755. The zero-order valence-corrected chi connectivity index (χ0v) is 22.7. The Morgan fingerprint density at radius 2 is 1.69 bits per heavy atom. The summed E-state index contributed by atoms with van der Waals surface area (Å²) >= 11 is 6.02. The molecule has 2 fully saturated rings. The van der Waals surface area contributed by atoms with E-state index in [0.29, 0.717) is 44.2 Å². The van der Waals surface area contributed by atoms with Crippen molar-refractivity contribution < 1.29 is 23.9 Å². The maximum Gasteiger partial charge on any atom is 0.408 e. The van der Waals surface area contributed by atoms with E-state index < -0.39 is 17.7 Å². The molecule has 1 heterocycles. The van der Waals surface area contributed by atoms with Gasteiger partial charge in [-0.25, -0.2) is 4.79 Å². The first-order valence-corrected chi connectivity index (χ1v) is 13.4. The summed E-state index contributed by atoms with van der Waals surface area (Å²) in [4.78, 5) is 42.8. The van der Waals surface area contributed by atoms with Crippen molar-refractivity contribution in [2.45, 2.75) is 77.5 Å². The molecule has 3 atom stereocenters. The van der Waals surface area contributed by atoms with Crippen molar-refractivity contribution in [3.8, 4) is 0 Å². The Morgan fingerprint density at radius 3 is 2.31 bits per heavy atom. The molecule has 0 radical (unpaired) electrons. The number of rotatable bonds is 7. The molecule has 9 heteroatoms. The molecule has 0 spiro atoms. The monoisotopic (exact) mass is 521 g/mol. The Kier molecular flexibility index (Phi) is 10.0. The summed E-state index contributed by atoms with van der Waals surface area (Å²) in [6.07, 6.45) is 3.68. The molecule has 3 unspecified atom stereocenters. The Labute approximate surface area is 219 Å². The summed E-state index contributed by atoms with van der Waals surface area (Å²) in [5.41, 5.74) is 0.228. The molecule has 1 N–H and O–H groups in total. The number of halogens is 1. The number of esters is 1. The van der Waals surface area contributed by atoms with Gasteiger partial charge in [0.15, 0.2) is 0 Å². The van der Waals surface area contributed by atoms with Crippen molar-refractivity contribution in [1.82, 2.24) is 15.1 Å². The molecular weight excluding hydrogens is 482 g/mol. The zero-order valence-electron chi connectivity index (χ0n) is 21.9. The Morgan fingerprint density at radius 1 is 1.06 bits per heavy atom. The Bertz CT molecular complexity index is 894. The van der Waals surface area contributed by atoms with E-state index in [9.17, 15) is 14.4 Å². The molecule has 3 rings (SSSR count). The van der Waals surface area contributed by atoms with Crippen LogP contribution in [0.1, 0.15) is 58.9 Å². The molecule has 1 aromatic carbocycles. The molecule has 0 aromatic heterocycles. The summed E-state index contributed by atoms with van der Waals surface area (Å²) in [5, 5.41) is 3.40. The lowest BCUT2D eigenvalue weighted by atomic mass is 9.83. The molecule has 36 heavy (non-hydrogen) atoms. The number of ether oxygens (including phenoxy) is 2. The van der Waals surface area contributed by atoms with Gasteiger partial charge in [0.05, 0.1) is 12.5 Å². The highest BCUT2D eigenvalue weighted by Gasteiger charge is 2.38. The minimum absolute atomic E-state index is 0.104. The van der Waals surface area contributed by atoms with Crippen LogP contribution >= 0.6 is 11.6 Å². The standard InChI is InChI=1S/C27H40ClN3O5/c1-5-35-25(33)21-8-6-7-9-23(21)30-14-16-31(17-15-30)24(32)22(29-26(34)36-27(2,3)4)18-19-10-12-20(28)13-11-19/h10-13,21-23H,5-9,14-18H2,1-4H3,(H,29,34). The van der Waals surface area contributed by atoms with Crippen molar-refractivity contribution in [3.05, 3.63) is 34.9 Å². The fourth-order valence-corrected chi connectivity index (χ4v) is 5.20. The van der Waals surface area contributed by atoms with E-state index in [2.05, 4.69) is 10.2 Å². The molecular formula is C27H40ClN3O5. The second-order valence-electron chi connectivity index (χ2n) is 10.6. The predicted molar refractivity (Wildman–Crippen MR) is 139 cm³/mol. The van der Waals surface area contributed by atoms with Gasteiger partial charge in [-0.2, -0.15) is 0 Å². The van der Waals surface area contributed by atoms with Crippen LogP contribution in [0.4, 0.5) is 4.79 Å². The summed E-state index contributed by atoms with van der Waals surface area (Å²) in [6.45, 7) is 10.1. The van der Waals surface area contributed by atoms with Gasteiger partial charge in [-0.3, -0.25) is 14.5 Å². The maximum absolute atomic E-state index is 13.5. The molecule has 1 aliphatic carbocycles. The topological polar surface area (TPSA) is 88.2 Å². The number of carbonyl (C=O) groups excluding carboxylic acids is 3. The first kappa shape index (κ1) is 28.3. The third-order valence-electron chi connectivity index (χ3n) is 6.76. The number of nitrogens with one attached hydrogen (secondary N) is 1. The van der Waals surface area contributed by atoms with E-state index in [1.807, 2.05) is 19.1 Å². The largest absolute Gasteiger partial charge is 0.466 e. The van der Waals surface area contributed by atoms with Crippen molar-refractivity contribution in [2.24, 2.45) is 5.92 Å². The second-order valence-corrected chi connectivity index (χ2v) is 11.0. The first-order chi connectivity index (χ1) is 17.1. The summed E-state index contributed by atoms with van der Waals surface area (Å²) < 4.78 is 10.8. The van der Waals surface area contributed by atoms with Crippen molar-refractivity contribution >= 4 is 29.6 Å². The van der Waals surface area contributed by atoms with Gasteiger partial charge in [0.2, 0.25) is 5.91 Å². The van der Waals surface area contributed by atoms with Gasteiger partial charge < -0.3 is 19.7 Å². The smallest absolute Gasteiger partial charge is 0.408 e. The molecule has 8 nitrogen and oxygen atoms in total. The SMILES string of the molecule is CCOC(=O)C1CCCCC1N1CCN(C(=O)C(Cc2ccc(Cl)cc2)NC(=O)OC(C)(C)C)CC1. The average molecular weight is 522 g/mol. The molecule has 2 amide bonds. The highest BCUT2D eigenvalue weighted by atomic mass is 35.5. The van der Waals surface area contributed by atoms with Crippen LogP contribution in [-0.4, -0.2) is 78.2 Å². The fourth-order valence-electron chi connectivity index (χ4n) is 5.07. The van der Waals surface area contributed by atoms with Crippen LogP contribution in [0.5, 0.6) is 0 Å². The van der Waals surface area contributed by atoms with Crippen LogP contribution in [0.3, 0.4) is 0 Å². The van der Waals surface area contributed by atoms with Crippen LogP contribution in [0.25, 0.3) is 0 Å². The lowest BCUT2D eigenvalue weighted by molar-refractivity contribution is -0.153. The van der Waals surface area contributed by atoms with E-state index in [4.69, 9.17) is 21.1 Å². The fraction of sp³-hybridized carbons (Fsp3) is 0.667. The number of benzene rings is 1. The van der Waals surface area contributed by atoms with Crippen LogP contribution < -0.4 is 5.32 Å². The first-order valence-electron chi connectivity index (χ1n) is 13.0. The molecule has 200 valence electrons. The molecule has 2 aliphatic rings. The third-order valence-corrected chi connectivity index (χ3v) is 7.01. The number of hydrogen-bond acceptors (Lipinski definition) is 6. The molecule has 1 aromatic rings. The van der Waals surface area contributed by atoms with Gasteiger partial charge in [-0.15, -0.1) is 0 Å². The number of carbonyl (C=O) groups is 3. The van der Waals surface area contributed by atoms with Crippen LogP contribution in [0, 0.1) is 5.92 Å². The van der Waals surface area contributed by atoms with Crippen molar-refractivity contribution in [3.63, 3.8) is 0 Å². The summed E-state index contributed by atoms with van der Waals surface area (Å²) in [5.74, 6) is -0.348. The van der Waals surface area contributed by atoms with E-state index >= 15 is 0 Å². The van der Waals surface area contributed by atoms with Crippen LogP contribution in [-0.2, 0) is 25.5 Å². The maximum atomic E-state index is 13.5. The van der Waals surface area contributed by atoms with Crippen molar-refractivity contribution in [1.29, 1.82) is 0 Å². The van der Waals surface area contributed by atoms with E-state index in [0.717, 1.165) is 31.2 Å². The number of alkyl carbamates (subject to hydrolysis) is 1. The number of nitrogens with zero attached hydrogens (tertiary/aromatic N) is 2. The third kappa shape index (κ3) is 8.10. The Hall–Kier alpha value is -2.32. The molecule has 1 aliphatic heterocycles. The van der Waals surface area contributed by atoms with Crippen LogP contribution in [0.15, 0.2) is 24.3 Å². The minimum Gasteiger partial charge on any atom is -0.466 e. The number of piperazine rings is 1. The van der Waals surface area contributed by atoms with Gasteiger partial charge >= 0.3 is 12.1 Å². The van der Waals surface area contributed by atoms with E-state index in [-0.39, 0.29) is 23.8 Å². The summed E-state index contributed by atoms with van der Waals surface area (Å²) in [6, 6.07) is 6.66. The Balaban J connectivity index is 1.65. The lowest BCUT2D eigenvalue weighted by Gasteiger charge is -2.44. The van der Waals surface area contributed by atoms with Gasteiger partial charge in [0, 0.05) is 43.7 Å². The molecule has 1 saturated heterocycles. The molecule has 1 saturated carbocycles. The number of hydrogen-bond donors (Lipinski definition) is 1. The highest BCUT2D eigenvalue weighted by molar-refractivity contribution is 6.30. The second kappa shape index (κ2) is 12.8. The predicted octanol–water partition coefficient (Wildman–Crippen LogP) is 4.04. The van der Waals surface area contributed by atoms with Gasteiger partial charge in [0.25, 0.3) is 0 Å². The van der Waals surface area contributed by atoms with Gasteiger partial charge in [-0.05, 0) is 58.2 Å². The van der Waals surface area contributed by atoms with E-state index in [1.54, 1.807) is 37.8 Å². The quantitative estimate of drug-likeness (QED) is 0.545. The van der Waals surface area contributed by atoms with Gasteiger partial charge in [0.1, 0.15) is 11.6 Å². The van der Waals surface area contributed by atoms with E-state index in [1.165, 1.54) is 0 Å². The zero-order chi connectivity index (χ0) is 26.3. The van der Waals surface area contributed by atoms with Crippen LogP contribution in [0.2, 0.25) is 5.02 Å². The average Bonchev–Trinajstić information content (AvgIpc) is 2.83. The highest BCUT2D eigenvalue weighted by Crippen LogP contribution is 2.30. The van der Waals surface area contributed by atoms with Gasteiger partial charge in [-0.1, -0.05) is 36.6 Å². The summed E-state index contributed by atoms with van der Waals surface area (Å²) in [7, 11) is 0. The molecule has 0 bridgehead atoms. The van der Waals surface area contributed by atoms with Crippen molar-refractivity contribution in [2.75, 3.05) is 32.8 Å². The lowest BCUT2D eigenvalue weighted by Crippen LogP contribution is -2.58. The normalized spacial score (nSPS) is 22.0. The number of amides is 2.